The van der Waals surface area contributed by atoms with Crippen LogP contribution in [0.2, 0.25) is 0 Å². The van der Waals surface area contributed by atoms with Gasteiger partial charge in [0.05, 0.1) is 5.76 Å². The molecule has 2 nitrogen and oxygen atoms in total. The number of hydrogen-bond donors (Lipinski definition) is 1. The maximum Gasteiger partial charge on any atom is 0.127 e. The van der Waals surface area contributed by atoms with Crippen molar-refractivity contribution in [3.8, 4) is 0 Å². The number of hydrogen-bond acceptors (Lipinski definition) is 2. The number of rotatable bonds is 1. The third-order valence-electron chi connectivity index (χ3n) is 2.62. The van der Waals surface area contributed by atoms with Crippen molar-refractivity contribution in [2.45, 2.75) is 26.4 Å². The fourth-order valence-corrected chi connectivity index (χ4v) is 1.66. The van der Waals surface area contributed by atoms with Gasteiger partial charge in [0, 0.05) is 12.1 Å². The molecule has 1 aliphatic heterocycles. The highest BCUT2D eigenvalue weighted by Crippen LogP contribution is 2.31. The van der Waals surface area contributed by atoms with Crippen molar-refractivity contribution in [3.05, 3.63) is 41.2 Å². The average Bonchev–Trinajstić information content (AvgIpc) is 2.57. The lowest BCUT2D eigenvalue weighted by Gasteiger charge is -2.13. The molecule has 14 heavy (non-hydrogen) atoms. The lowest BCUT2D eigenvalue weighted by molar-refractivity contribution is 0.147. The summed E-state index contributed by atoms with van der Waals surface area (Å²) in [6.45, 7) is 4.00. The van der Waals surface area contributed by atoms with Gasteiger partial charge in [-0.3, -0.25) is 0 Å². The number of anilines is 1. The maximum absolute atomic E-state index is 5.85. The minimum absolute atomic E-state index is 0.165. The molecule has 1 atom stereocenters. The molecule has 2 N–H and O–H groups in total. The SMILES string of the molecule is CC1=CCC(c2ccc(C)c(N)c2)O1. The van der Waals surface area contributed by atoms with Crippen molar-refractivity contribution in [1.29, 1.82) is 0 Å². The summed E-state index contributed by atoms with van der Waals surface area (Å²) >= 11 is 0. The van der Waals surface area contributed by atoms with Gasteiger partial charge in [0.25, 0.3) is 0 Å². The van der Waals surface area contributed by atoms with E-state index >= 15 is 0 Å². The molecule has 0 radical (unpaired) electrons. The molecule has 1 aromatic rings. The normalized spacial score (nSPS) is 20.4. The molecule has 0 aliphatic carbocycles. The van der Waals surface area contributed by atoms with E-state index in [2.05, 4.69) is 12.1 Å². The Bertz CT molecular complexity index is 382. The van der Waals surface area contributed by atoms with Crippen LogP contribution in [0, 0.1) is 6.92 Å². The molecule has 0 spiro atoms. The van der Waals surface area contributed by atoms with Gasteiger partial charge in [-0.1, -0.05) is 12.1 Å². The van der Waals surface area contributed by atoms with E-state index < -0.39 is 0 Å². The fourth-order valence-electron chi connectivity index (χ4n) is 1.66. The smallest absolute Gasteiger partial charge is 0.127 e. The minimum Gasteiger partial charge on any atom is -0.490 e. The first-order valence-corrected chi connectivity index (χ1v) is 4.86. The molecule has 1 unspecified atom stereocenters. The Labute approximate surface area is 84.4 Å². The third kappa shape index (κ3) is 1.60. The molecule has 74 valence electrons. The van der Waals surface area contributed by atoms with Crippen molar-refractivity contribution in [1.82, 2.24) is 0 Å². The molecule has 0 amide bonds. The highest BCUT2D eigenvalue weighted by Gasteiger charge is 2.17. The Morgan fingerprint density at radius 3 is 2.71 bits per heavy atom. The van der Waals surface area contributed by atoms with Crippen LogP contribution in [0.5, 0.6) is 0 Å². The molecular formula is C12H15NO. The Morgan fingerprint density at radius 2 is 2.14 bits per heavy atom. The van der Waals surface area contributed by atoms with Gasteiger partial charge >= 0.3 is 0 Å². The summed E-state index contributed by atoms with van der Waals surface area (Å²) in [5, 5.41) is 0. The Kier molecular flexibility index (Phi) is 2.20. The molecule has 0 aromatic heterocycles. The summed E-state index contributed by atoms with van der Waals surface area (Å²) in [6, 6.07) is 6.14. The summed E-state index contributed by atoms with van der Waals surface area (Å²) in [5.74, 6) is 1.01. The van der Waals surface area contributed by atoms with Gasteiger partial charge < -0.3 is 10.5 Å². The van der Waals surface area contributed by atoms with Crippen LogP contribution >= 0.6 is 0 Å². The van der Waals surface area contributed by atoms with Crippen molar-refractivity contribution in [2.75, 3.05) is 5.73 Å². The quantitative estimate of drug-likeness (QED) is 0.689. The highest BCUT2D eigenvalue weighted by molar-refractivity contribution is 5.49. The maximum atomic E-state index is 5.85. The lowest BCUT2D eigenvalue weighted by atomic mass is 10.0. The van der Waals surface area contributed by atoms with Crippen LogP contribution in [-0.4, -0.2) is 0 Å². The second-order valence-electron chi connectivity index (χ2n) is 3.77. The molecule has 0 bridgehead atoms. The molecule has 1 aliphatic rings. The molecule has 1 heterocycles. The van der Waals surface area contributed by atoms with E-state index in [9.17, 15) is 0 Å². The van der Waals surface area contributed by atoms with Crippen LogP contribution in [0.15, 0.2) is 30.0 Å². The van der Waals surface area contributed by atoms with Crippen molar-refractivity contribution < 1.29 is 4.74 Å². The standard InChI is InChI=1S/C12H15NO/c1-8-3-5-10(7-11(8)13)12-6-4-9(2)14-12/h3-5,7,12H,6,13H2,1-2H3. The van der Waals surface area contributed by atoms with Gasteiger partial charge in [-0.2, -0.15) is 0 Å². The zero-order chi connectivity index (χ0) is 10.1. The van der Waals surface area contributed by atoms with Crippen molar-refractivity contribution >= 4 is 5.69 Å². The van der Waals surface area contributed by atoms with Crippen LogP contribution < -0.4 is 5.73 Å². The zero-order valence-corrected chi connectivity index (χ0v) is 8.58. The van der Waals surface area contributed by atoms with E-state index in [0.717, 1.165) is 23.4 Å². The highest BCUT2D eigenvalue weighted by atomic mass is 16.5. The minimum atomic E-state index is 0.165. The van der Waals surface area contributed by atoms with Gasteiger partial charge in [-0.05, 0) is 37.1 Å². The van der Waals surface area contributed by atoms with Gasteiger partial charge in [-0.25, -0.2) is 0 Å². The van der Waals surface area contributed by atoms with Crippen LogP contribution in [0.1, 0.15) is 30.6 Å². The average molecular weight is 189 g/mol. The summed E-state index contributed by atoms with van der Waals surface area (Å²) in [7, 11) is 0. The van der Waals surface area contributed by atoms with E-state index in [-0.39, 0.29) is 6.10 Å². The monoisotopic (exact) mass is 189 g/mol. The molecular weight excluding hydrogens is 174 g/mol. The van der Waals surface area contributed by atoms with Crippen LogP contribution in [-0.2, 0) is 4.74 Å². The van der Waals surface area contributed by atoms with Gasteiger partial charge in [0.1, 0.15) is 6.10 Å². The molecule has 2 rings (SSSR count). The fraction of sp³-hybridized carbons (Fsp3) is 0.333. The van der Waals surface area contributed by atoms with E-state index in [4.69, 9.17) is 10.5 Å². The number of nitrogens with two attached hydrogens (primary N) is 1. The Morgan fingerprint density at radius 1 is 1.36 bits per heavy atom. The summed E-state index contributed by atoms with van der Waals surface area (Å²) in [4.78, 5) is 0. The largest absolute Gasteiger partial charge is 0.490 e. The molecule has 0 saturated heterocycles. The second kappa shape index (κ2) is 3.37. The van der Waals surface area contributed by atoms with E-state index in [1.807, 2.05) is 26.0 Å². The predicted octanol–water partition coefficient (Wildman–Crippen LogP) is 2.94. The Hall–Kier alpha value is -1.44. The van der Waals surface area contributed by atoms with E-state index in [1.54, 1.807) is 0 Å². The number of aryl methyl sites for hydroxylation is 1. The topological polar surface area (TPSA) is 35.2 Å². The summed E-state index contributed by atoms with van der Waals surface area (Å²) in [6.07, 6.45) is 3.23. The summed E-state index contributed by atoms with van der Waals surface area (Å²) in [5.41, 5.74) is 8.98. The number of benzene rings is 1. The molecule has 0 fully saturated rings. The lowest BCUT2D eigenvalue weighted by Crippen LogP contribution is -1.99. The van der Waals surface area contributed by atoms with Crippen molar-refractivity contribution in [2.24, 2.45) is 0 Å². The number of nitrogen functional groups attached to an aromatic ring is 1. The zero-order valence-electron chi connectivity index (χ0n) is 8.58. The number of ether oxygens (including phenoxy) is 1. The second-order valence-corrected chi connectivity index (χ2v) is 3.77. The molecule has 0 saturated carbocycles. The van der Waals surface area contributed by atoms with Gasteiger partial charge in [0.2, 0.25) is 0 Å². The van der Waals surface area contributed by atoms with Gasteiger partial charge in [0.15, 0.2) is 0 Å². The predicted molar refractivity (Wildman–Crippen MR) is 57.8 cm³/mol. The van der Waals surface area contributed by atoms with E-state index in [1.165, 1.54) is 5.56 Å². The first-order valence-electron chi connectivity index (χ1n) is 4.86. The first kappa shape index (κ1) is 9.13. The molecule has 2 heteroatoms. The van der Waals surface area contributed by atoms with E-state index in [0.29, 0.717) is 0 Å². The Balaban J connectivity index is 2.22. The molecule has 1 aromatic carbocycles. The number of allylic oxidation sites excluding steroid dienone is 1. The van der Waals surface area contributed by atoms with Crippen LogP contribution in [0.25, 0.3) is 0 Å². The first-order chi connectivity index (χ1) is 6.66. The summed E-state index contributed by atoms with van der Waals surface area (Å²) < 4.78 is 5.65. The van der Waals surface area contributed by atoms with Crippen LogP contribution in [0.4, 0.5) is 5.69 Å². The third-order valence-corrected chi connectivity index (χ3v) is 2.62. The van der Waals surface area contributed by atoms with Crippen LogP contribution in [0.3, 0.4) is 0 Å². The van der Waals surface area contributed by atoms with Crippen molar-refractivity contribution in [3.63, 3.8) is 0 Å². The van der Waals surface area contributed by atoms with Gasteiger partial charge in [-0.15, -0.1) is 0 Å².